The minimum absolute atomic E-state index is 0.275. The fourth-order valence-electron chi connectivity index (χ4n) is 2.05. The second-order valence-electron chi connectivity index (χ2n) is 3.82. The van der Waals surface area contributed by atoms with Crippen molar-refractivity contribution in [3.63, 3.8) is 0 Å². The lowest BCUT2D eigenvalue weighted by Crippen LogP contribution is -2.33. The Bertz CT molecular complexity index is 487. The van der Waals surface area contributed by atoms with Crippen LogP contribution in [0.3, 0.4) is 0 Å². The number of hydrogen-bond acceptors (Lipinski definition) is 4. The summed E-state index contributed by atoms with van der Waals surface area (Å²) in [4.78, 5) is 16.1. The van der Waals surface area contributed by atoms with Gasteiger partial charge in [0.15, 0.2) is 0 Å². The van der Waals surface area contributed by atoms with Gasteiger partial charge in [-0.3, -0.25) is 10.3 Å². The number of aliphatic imine (C=N–C) groups is 1. The molecule has 1 aromatic carbocycles. The lowest BCUT2D eigenvalue weighted by Gasteiger charge is -2.20. The highest BCUT2D eigenvalue weighted by molar-refractivity contribution is 8.00. The molecule has 2 N–H and O–H groups in total. The van der Waals surface area contributed by atoms with Crippen molar-refractivity contribution < 1.29 is 9.90 Å². The minimum Gasteiger partial charge on any atom is -0.478 e. The minimum atomic E-state index is -0.875. The third-order valence-electron chi connectivity index (χ3n) is 2.85. The second-order valence-corrected chi connectivity index (χ2v) is 5.00. The van der Waals surface area contributed by atoms with Gasteiger partial charge in [-0.25, -0.2) is 4.79 Å². The van der Waals surface area contributed by atoms with Crippen molar-refractivity contribution in [2.24, 2.45) is 4.99 Å². The number of carboxylic acids is 1. The van der Waals surface area contributed by atoms with E-state index >= 15 is 0 Å². The Labute approximate surface area is 96.8 Å². The highest BCUT2D eigenvalue weighted by Gasteiger charge is 2.33. The van der Waals surface area contributed by atoms with E-state index in [1.54, 1.807) is 23.9 Å². The van der Waals surface area contributed by atoms with Gasteiger partial charge in [-0.05, 0) is 17.7 Å². The molecule has 0 amide bonds. The Morgan fingerprint density at radius 1 is 1.56 bits per heavy atom. The van der Waals surface area contributed by atoms with Gasteiger partial charge in [-0.15, -0.1) is 11.8 Å². The number of rotatable bonds is 1. The number of carbonyl (C=O) groups is 1. The van der Waals surface area contributed by atoms with Gasteiger partial charge in [-0.2, -0.15) is 0 Å². The zero-order chi connectivity index (χ0) is 11.1. The molecule has 2 aliphatic heterocycles. The molecule has 0 saturated heterocycles. The molecule has 0 aliphatic carbocycles. The number of nitrogens with zero attached hydrogens (tertiary/aromatic N) is 1. The summed E-state index contributed by atoms with van der Waals surface area (Å²) in [5.41, 5.74) is 1.53. The van der Waals surface area contributed by atoms with E-state index < -0.39 is 5.97 Å². The molecule has 0 radical (unpaired) electrons. The maximum atomic E-state index is 10.9. The third kappa shape index (κ3) is 1.44. The van der Waals surface area contributed by atoms with Crippen molar-refractivity contribution >= 4 is 23.9 Å². The fourth-order valence-corrected chi connectivity index (χ4v) is 3.38. The maximum absolute atomic E-state index is 10.9. The van der Waals surface area contributed by atoms with Gasteiger partial charge in [-0.1, -0.05) is 6.07 Å². The molecule has 2 unspecified atom stereocenters. The van der Waals surface area contributed by atoms with E-state index in [1.807, 2.05) is 12.3 Å². The number of thioether (sulfide) groups is 1. The number of fused-ring (bicyclic) bond motifs is 3. The van der Waals surface area contributed by atoms with Crippen molar-refractivity contribution in [3.05, 3.63) is 29.3 Å². The molecule has 0 fully saturated rings. The van der Waals surface area contributed by atoms with E-state index in [2.05, 4.69) is 10.3 Å². The van der Waals surface area contributed by atoms with Crippen LogP contribution >= 0.6 is 11.8 Å². The van der Waals surface area contributed by atoms with Crippen molar-refractivity contribution in [1.82, 2.24) is 5.32 Å². The molecule has 0 saturated carbocycles. The Morgan fingerprint density at radius 3 is 3.25 bits per heavy atom. The van der Waals surface area contributed by atoms with Crippen LogP contribution in [0.1, 0.15) is 21.8 Å². The summed E-state index contributed by atoms with van der Waals surface area (Å²) in [7, 11) is 0. The summed E-state index contributed by atoms with van der Waals surface area (Å²) < 4.78 is 0. The van der Waals surface area contributed by atoms with Crippen LogP contribution in [0.4, 0.5) is 0 Å². The lowest BCUT2D eigenvalue weighted by atomic mass is 9.98. The first kappa shape index (κ1) is 9.86. The van der Waals surface area contributed by atoms with Crippen molar-refractivity contribution in [3.8, 4) is 0 Å². The van der Waals surface area contributed by atoms with Gasteiger partial charge in [0.1, 0.15) is 0 Å². The third-order valence-corrected chi connectivity index (χ3v) is 4.17. The van der Waals surface area contributed by atoms with Crippen LogP contribution in [0, 0.1) is 0 Å². The average molecular weight is 234 g/mol. The summed E-state index contributed by atoms with van der Waals surface area (Å²) in [6.45, 7) is 0.647. The van der Waals surface area contributed by atoms with Gasteiger partial charge in [0.25, 0.3) is 0 Å². The Morgan fingerprint density at radius 2 is 2.44 bits per heavy atom. The van der Waals surface area contributed by atoms with E-state index in [0.29, 0.717) is 17.6 Å². The first-order chi connectivity index (χ1) is 7.75. The van der Waals surface area contributed by atoms with Crippen molar-refractivity contribution in [2.75, 3.05) is 6.67 Å². The smallest absolute Gasteiger partial charge is 0.335 e. The number of nitrogens with one attached hydrogen (secondary N) is 1. The van der Waals surface area contributed by atoms with Crippen molar-refractivity contribution in [1.29, 1.82) is 0 Å². The number of hydrogen-bond donors (Lipinski definition) is 2. The first-order valence-corrected chi connectivity index (χ1v) is 5.91. The molecule has 1 aromatic rings. The first-order valence-electron chi connectivity index (χ1n) is 5.03. The average Bonchev–Trinajstić information content (AvgIpc) is 2.66. The standard InChI is InChI=1S/C11H10N2O2S/c14-11(15)6-1-2-7-8-4-12-5-13-10(8)16-9(7)3-6/h1-4,8,10,13H,5H2,(H,14,15). The number of carboxylic acid groups (broad SMARTS) is 1. The van der Waals surface area contributed by atoms with Gasteiger partial charge >= 0.3 is 5.97 Å². The van der Waals surface area contributed by atoms with E-state index in [4.69, 9.17) is 5.11 Å². The van der Waals surface area contributed by atoms with Crippen LogP contribution in [0.2, 0.25) is 0 Å². The molecule has 2 atom stereocenters. The number of benzene rings is 1. The van der Waals surface area contributed by atoms with Gasteiger partial charge in [0.05, 0.1) is 17.6 Å². The van der Waals surface area contributed by atoms with Crippen LogP contribution in [0.5, 0.6) is 0 Å². The summed E-state index contributed by atoms with van der Waals surface area (Å²) >= 11 is 1.69. The molecule has 4 nitrogen and oxygen atoms in total. The molecule has 0 aromatic heterocycles. The van der Waals surface area contributed by atoms with Crippen LogP contribution in [0.15, 0.2) is 28.1 Å². The summed E-state index contributed by atoms with van der Waals surface area (Å²) in [5.74, 6) is -0.600. The predicted molar refractivity (Wildman–Crippen MR) is 62.3 cm³/mol. The molecular formula is C11H10N2O2S. The van der Waals surface area contributed by atoms with Crippen LogP contribution in [-0.2, 0) is 0 Å². The molecule has 2 heterocycles. The highest BCUT2D eigenvalue weighted by atomic mass is 32.2. The van der Waals surface area contributed by atoms with Crippen LogP contribution < -0.4 is 5.32 Å². The largest absolute Gasteiger partial charge is 0.478 e. The van der Waals surface area contributed by atoms with E-state index in [9.17, 15) is 4.79 Å². The monoisotopic (exact) mass is 234 g/mol. The molecule has 16 heavy (non-hydrogen) atoms. The summed E-state index contributed by atoms with van der Waals surface area (Å²) in [5, 5.41) is 12.5. The Kier molecular flexibility index (Phi) is 2.22. The molecule has 0 spiro atoms. The summed E-state index contributed by atoms with van der Waals surface area (Å²) in [6, 6.07) is 5.30. The Hall–Kier alpha value is -1.33. The summed E-state index contributed by atoms with van der Waals surface area (Å²) in [6.07, 6.45) is 1.96. The topological polar surface area (TPSA) is 61.7 Å². The van der Waals surface area contributed by atoms with Crippen LogP contribution in [0.25, 0.3) is 0 Å². The van der Waals surface area contributed by atoms with E-state index in [-0.39, 0.29) is 5.92 Å². The molecular weight excluding hydrogens is 224 g/mol. The second kappa shape index (κ2) is 3.61. The van der Waals surface area contributed by atoms with Gasteiger partial charge in [0.2, 0.25) is 0 Å². The SMILES string of the molecule is O=C(O)c1ccc2c(c1)SC1NCN=CC21. The Balaban J connectivity index is 2.03. The van der Waals surface area contributed by atoms with Crippen LogP contribution in [-0.4, -0.2) is 29.3 Å². The molecule has 3 rings (SSSR count). The highest BCUT2D eigenvalue weighted by Crippen LogP contribution is 2.44. The maximum Gasteiger partial charge on any atom is 0.335 e. The molecule has 0 bridgehead atoms. The zero-order valence-corrected chi connectivity index (χ0v) is 9.20. The van der Waals surface area contributed by atoms with E-state index in [1.165, 1.54) is 5.56 Å². The van der Waals surface area contributed by atoms with Gasteiger partial charge < -0.3 is 5.11 Å². The number of aromatic carboxylic acids is 1. The molecule has 82 valence electrons. The lowest BCUT2D eigenvalue weighted by molar-refractivity contribution is 0.0696. The van der Waals surface area contributed by atoms with Gasteiger partial charge in [0, 0.05) is 17.0 Å². The van der Waals surface area contributed by atoms with E-state index in [0.717, 1.165) is 4.90 Å². The molecule has 5 heteroatoms. The quantitative estimate of drug-likeness (QED) is 0.773. The van der Waals surface area contributed by atoms with Crippen molar-refractivity contribution in [2.45, 2.75) is 16.2 Å². The predicted octanol–water partition coefficient (Wildman–Crippen LogP) is 1.53. The fraction of sp³-hybridized carbons (Fsp3) is 0.273. The normalized spacial score (nSPS) is 26.2. The zero-order valence-electron chi connectivity index (χ0n) is 8.38. The molecule has 2 aliphatic rings.